The Labute approximate surface area is 112 Å². The molecule has 0 aromatic heterocycles. The van der Waals surface area contributed by atoms with Crippen molar-refractivity contribution in [3.8, 4) is 5.75 Å². The summed E-state index contributed by atoms with van der Waals surface area (Å²) in [6, 6.07) is 4.78. The number of nitrogens with zero attached hydrogens (tertiary/aromatic N) is 1. The SMILES string of the molecule is COc1cccc(F)c1CN1C[C@@H](CO)[C@H](CO)C1. The predicted octanol–water partition coefficient (Wildman–Crippen LogP) is 0.867. The van der Waals surface area contributed by atoms with Crippen LogP contribution in [0.3, 0.4) is 0 Å². The zero-order valence-electron chi connectivity index (χ0n) is 11.1. The number of hydrogen-bond donors (Lipinski definition) is 2. The van der Waals surface area contributed by atoms with E-state index in [1.807, 2.05) is 4.90 Å². The van der Waals surface area contributed by atoms with E-state index in [4.69, 9.17) is 4.74 Å². The van der Waals surface area contributed by atoms with E-state index >= 15 is 0 Å². The van der Waals surface area contributed by atoms with Gasteiger partial charge in [-0.2, -0.15) is 0 Å². The zero-order valence-corrected chi connectivity index (χ0v) is 11.1. The van der Waals surface area contributed by atoms with Gasteiger partial charge in [0.1, 0.15) is 11.6 Å². The highest BCUT2D eigenvalue weighted by Gasteiger charge is 2.32. The number of halogens is 1. The van der Waals surface area contributed by atoms with E-state index in [0.29, 0.717) is 30.9 Å². The van der Waals surface area contributed by atoms with Gasteiger partial charge in [-0.3, -0.25) is 4.90 Å². The van der Waals surface area contributed by atoms with Crippen LogP contribution in [0.15, 0.2) is 18.2 Å². The molecule has 2 N–H and O–H groups in total. The quantitative estimate of drug-likeness (QED) is 0.833. The summed E-state index contributed by atoms with van der Waals surface area (Å²) < 4.78 is 19.0. The molecule has 0 saturated carbocycles. The first-order valence-corrected chi connectivity index (χ1v) is 6.45. The Morgan fingerprint density at radius 3 is 2.42 bits per heavy atom. The van der Waals surface area contributed by atoms with Gasteiger partial charge in [0, 0.05) is 50.2 Å². The second-order valence-corrected chi connectivity index (χ2v) is 5.00. The average molecular weight is 269 g/mol. The highest BCUT2D eigenvalue weighted by molar-refractivity contribution is 5.34. The van der Waals surface area contributed by atoms with Crippen LogP contribution in [0, 0.1) is 17.7 Å². The number of benzene rings is 1. The van der Waals surface area contributed by atoms with Crippen LogP contribution in [-0.2, 0) is 6.54 Å². The highest BCUT2D eigenvalue weighted by atomic mass is 19.1. The van der Waals surface area contributed by atoms with Crippen molar-refractivity contribution in [3.05, 3.63) is 29.6 Å². The molecule has 2 atom stereocenters. The topological polar surface area (TPSA) is 52.9 Å². The minimum absolute atomic E-state index is 0.0517. The van der Waals surface area contributed by atoms with Gasteiger partial charge in [0.2, 0.25) is 0 Å². The Hall–Kier alpha value is -1.17. The van der Waals surface area contributed by atoms with Crippen LogP contribution in [0.4, 0.5) is 4.39 Å². The van der Waals surface area contributed by atoms with Crippen LogP contribution in [0.2, 0.25) is 0 Å². The molecule has 106 valence electrons. The molecule has 0 bridgehead atoms. The molecule has 19 heavy (non-hydrogen) atoms. The van der Waals surface area contributed by atoms with E-state index in [9.17, 15) is 14.6 Å². The molecule has 1 heterocycles. The smallest absolute Gasteiger partial charge is 0.131 e. The van der Waals surface area contributed by atoms with Crippen molar-refractivity contribution < 1.29 is 19.3 Å². The van der Waals surface area contributed by atoms with E-state index in [1.54, 1.807) is 12.1 Å². The van der Waals surface area contributed by atoms with Gasteiger partial charge in [0.15, 0.2) is 0 Å². The number of rotatable bonds is 5. The minimum Gasteiger partial charge on any atom is -0.496 e. The van der Waals surface area contributed by atoms with Gasteiger partial charge in [0.25, 0.3) is 0 Å². The molecule has 1 aliphatic heterocycles. The minimum atomic E-state index is -0.285. The van der Waals surface area contributed by atoms with Crippen LogP contribution in [0.25, 0.3) is 0 Å². The molecule has 0 unspecified atom stereocenters. The van der Waals surface area contributed by atoms with Crippen molar-refractivity contribution in [2.24, 2.45) is 11.8 Å². The monoisotopic (exact) mass is 269 g/mol. The van der Waals surface area contributed by atoms with Gasteiger partial charge in [-0.1, -0.05) is 6.07 Å². The normalized spacial score (nSPS) is 23.8. The summed E-state index contributed by atoms with van der Waals surface area (Å²) in [4.78, 5) is 2.04. The molecule has 1 saturated heterocycles. The summed E-state index contributed by atoms with van der Waals surface area (Å²) in [7, 11) is 1.52. The van der Waals surface area contributed by atoms with Crippen molar-refractivity contribution >= 4 is 0 Å². The lowest BCUT2D eigenvalue weighted by Crippen LogP contribution is -2.22. The van der Waals surface area contributed by atoms with Gasteiger partial charge in [0.05, 0.1) is 7.11 Å². The third-order valence-electron chi connectivity index (χ3n) is 3.80. The number of aliphatic hydroxyl groups is 2. The fourth-order valence-corrected chi connectivity index (χ4v) is 2.69. The third kappa shape index (κ3) is 3.05. The Balaban J connectivity index is 2.10. The molecule has 1 fully saturated rings. The van der Waals surface area contributed by atoms with Crippen molar-refractivity contribution in [2.45, 2.75) is 6.54 Å². The van der Waals surface area contributed by atoms with Crippen LogP contribution in [-0.4, -0.2) is 48.5 Å². The van der Waals surface area contributed by atoms with Crippen LogP contribution >= 0.6 is 0 Å². The van der Waals surface area contributed by atoms with Crippen molar-refractivity contribution in [3.63, 3.8) is 0 Å². The lowest BCUT2D eigenvalue weighted by molar-refractivity contribution is 0.152. The fourth-order valence-electron chi connectivity index (χ4n) is 2.69. The summed E-state index contributed by atoms with van der Waals surface area (Å²) in [5.41, 5.74) is 0.528. The van der Waals surface area contributed by atoms with Gasteiger partial charge in [-0.05, 0) is 12.1 Å². The van der Waals surface area contributed by atoms with E-state index in [2.05, 4.69) is 0 Å². The Bertz CT molecular complexity index is 415. The maximum absolute atomic E-state index is 13.8. The van der Waals surface area contributed by atoms with E-state index in [0.717, 1.165) is 0 Å². The van der Waals surface area contributed by atoms with E-state index in [1.165, 1.54) is 13.2 Å². The van der Waals surface area contributed by atoms with Crippen LogP contribution < -0.4 is 4.74 Å². The number of aliphatic hydroxyl groups excluding tert-OH is 2. The van der Waals surface area contributed by atoms with Gasteiger partial charge in [-0.15, -0.1) is 0 Å². The maximum Gasteiger partial charge on any atom is 0.131 e. The van der Waals surface area contributed by atoms with Gasteiger partial charge in [-0.25, -0.2) is 4.39 Å². The molecule has 1 aliphatic rings. The summed E-state index contributed by atoms with van der Waals surface area (Å²) in [6.07, 6.45) is 0. The molecule has 0 aliphatic carbocycles. The molecule has 0 spiro atoms. The molecular formula is C14H20FNO3. The summed E-state index contributed by atoms with van der Waals surface area (Å²) in [6.45, 7) is 1.87. The second-order valence-electron chi connectivity index (χ2n) is 5.00. The Morgan fingerprint density at radius 1 is 1.26 bits per heavy atom. The number of methoxy groups -OCH3 is 1. The predicted molar refractivity (Wildman–Crippen MR) is 69.4 cm³/mol. The molecule has 1 aromatic rings. The average Bonchev–Trinajstić information content (AvgIpc) is 2.83. The first-order chi connectivity index (χ1) is 9.19. The standard InChI is InChI=1S/C14H20FNO3/c1-19-14-4-2-3-13(15)12(14)7-16-5-10(8-17)11(6-16)9-18/h2-4,10-11,17-18H,5-9H2,1H3/t10-,11-/m0/s1. The lowest BCUT2D eigenvalue weighted by Gasteiger charge is -2.18. The maximum atomic E-state index is 13.8. The van der Waals surface area contributed by atoms with Crippen LogP contribution in [0.1, 0.15) is 5.56 Å². The van der Waals surface area contributed by atoms with E-state index in [-0.39, 0.29) is 30.9 Å². The largest absolute Gasteiger partial charge is 0.496 e. The number of likely N-dealkylation sites (tertiary alicyclic amines) is 1. The first-order valence-electron chi connectivity index (χ1n) is 6.45. The third-order valence-corrected chi connectivity index (χ3v) is 3.80. The highest BCUT2D eigenvalue weighted by Crippen LogP contribution is 2.28. The molecule has 4 nitrogen and oxygen atoms in total. The number of hydrogen-bond acceptors (Lipinski definition) is 4. The van der Waals surface area contributed by atoms with Crippen molar-refractivity contribution in [2.75, 3.05) is 33.4 Å². The first kappa shape index (κ1) is 14.2. The lowest BCUT2D eigenvalue weighted by atomic mass is 9.98. The molecule has 0 radical (unpaired) electrons. The van der Waals surface area contributed by atoms with Crippen molar-refractivity contribution in [1.82, 2.24) is 4.90 Å². The zero-order chi connectivity index (χ0) is 13.8. The van der Waals surface area contributed by atoms with Gasteiger partial charge >= 0.3 is 0 Å². The fraction of sp³-hybridized carbons (Fsp3) is 0.571. The Kier molecular flexibility index (Phi) is 4.74. The van der Waals surface area contributed by atoms with Crippen LogP contribution in [0.5, 0.6) is 5.75 Å². The molecule has 0 amide bonds. The summed E-state index contributed by atoms with van der Waals surface area (Å²) >= 11 is 0. The summed E-state index contributed by atoms with van der Waals surface area (Å²) in [5, 5.41) is 18.5. The molecular weight excluding hydrogens is 249 g/mol. The number of ether oxygens (including phenoxy) is 1. The van der Waals surface area contributed by atoms with E-state index < -0.39 is 0 Å². The summed E-state index contributed by atoms with van der Waals surface area (Å²) in [5.74, 6) is 0.367. The molecule has 5 heteroatoms. The van der Waals surface area contributed by atoms with Gasteiger partial charge < -0.3 is 14.9 Å². The molecule has 2 rings (SSSR count). The molecule has 1 aromatic carbocycles. The van der Waals surface area contributed by atoms with Crippen molar-refractivity contribution in [1.29, 1.82) is 0 Å². The second kappa shape index (κ2) is 6.32. The Morgan fingerprint density at radius 2 is 1.89 bits per heavy atom.